The molecule has 1 rings (SSSR count). The monoisotopic (exact) mass is 184 g/mol. The maximum atomic E-state index is 3.59. The van der Waals surface area contributed by atoms with E-state index >= 15 is 0 Å². The SMILES string of the molecule is CC(NCCN(C)C(C)C)C1CC1. The van der Waals surface area contributed by atoms with Gasteiger partial charge in [0, 0.05) is 25.2 Å². The van der Waals surface area contributed by atoms with Crippen LogP contribution in [0.3, 0.4) is 0 Å². The predicted octanol–water partition coefficient (Wildman–Crippen LogP) is 1.71. The molecule has 1 atom stereocenters. The molecule has 1 N–H and O–H groups in total. The van der Waals surface area contributed by atoms with Gasteiger partial charge in [-0.3, -0.25) is 0 Å². The van der Waals surface area contributed by atoms with Crippen LogP contribution in [0.1, 0.15) is 33.6 Å². The topological polar surface area (TPSA) is 15.3 Å². The van der Waals surface area contributed by atoms with Crippen LogP contribution in [0.15, 0.2) is 0 Å². The highest BCUT2D eigenvalue weighted by atomic mass is 15.1. The van der Waals surface area contributed by atoms with Crippen LogP contribution >= 0.6 is 0 Å². The molecule has 0 radical (unpaired) electrons. The van der Waals surface area contributed by atoms with E-state index in [9.17, 15) is 0 Å². The lowest BCUT2D eigenvalue weighted by Gasteiger charge is -2.22. The molecule has 0 heterocycles. The van der Waals surface area contributed by atoms with Gasteiger partial charge in [-0.15, -0.1) is 0 Å². The third kappa shape index (κ3) is 4.10. The van der Waals surface area contributed by atoms with Gasteiger partial charge in [0.25, 0.3) is 0 Å². The maximum absolute atomic E-state index is 3.59. The van der Waals surface area contributed by atoms with Crippen LogP contribution in [0.5, 0.6) is 0 Å². The molecule has 0 aromatic carbocycles. The lowest BCUT2D eigenvalue weighted by molar-refractivity contribution is 0.268. The Morgan fingerprint density at radius 1 is 1.31 bits per heavy atom. The van der Waals surface area contributed by atoms with Gasteiger partial charge in [0.2, 0.25) is 0 Å². The lowest BCUT2D eigenvalue weighted by atomic mass is 10.2. The number of nitrogens with one attached hydrogen (secondary N) is 1. The molecule has 1 unspecified atom stereocenters. The van der Waals surface area contributed by atoms with E-state index in [2.05, 4.69) is 38.0 Å². The summed E-state index contributed by atoms with van der Waals surface area (Å²) in [6.45, 7) is 9.09. The first-order chi connectivity index (χ1) is 6.11. The Balaban J connectivity index is 1.99. The Hall–Kier alpha value is -0.0800. The summed E-state index contributed by atoms with van der Waals surface area (Å²) in [6.07, 6.45) is 2.88. The van der Waals surface area contributed by atoms with Gasteiger partial charge < -0.3 is 10.2 Å². The number of hydrogen-bond donors (Lipinski definition) is 1. The zero-order valence-corrected chi connectivity index (χ0v) is 9.51. The van der Waals surface area contributed by atoms with E-state index in [4.69, 9.17) is 0 Å². The first kappa shape index (κ1) is 11.0. The van der Waals surface area contributed by atoms with Gasteiger partial charge in [0.05, 0.1) is 0 Å². The molecular formula is C11H24N2. The Labute approximate surface area is 82.7 Å². The van der Waals surface area contributed by atoms with Gasteiger partial charge in [-0.2, -0.15) is 0 Å². The van der Waals surface area contributed by atoms with E-state index in [0.29, 0.717) is 6.04 Å². The van der Waals surface area contributed by atoms with Gasteiger partial charge in [-0.05, 0) is 46.6 Å². The molecule has 0 aliphatic heterocycles. The average Bonchev–Trinajstić information content (AvgIpc) is 2.85. The van der Waals surface area contributed by atoms with Crippen molar-refractivity contribution < 1.29 is 0 Å². The predicted molar refractivity (Wildman–Crippen MR) is 58.0 cm³/mol. The fourth-order valence-corrected chi connectivity index (χ4v) is 1.49. The van der Waals surface area contributed by atoms with Crippen LogP contribution in [-0.2, 0) is 0 Å². The second-order valence-electron chi connectivity index (χ2n) is 4.65. The van der Waals surface area contributed by atoms with Crippen LogP contribution < -0.4 is 5.32 Å². The molecule has 0 aromatic rings. The number of rotatable bonds is 6. The summed E-state index contributed by atoms with van der Waals surface area (Å²) in [7, 11) is 2.19. The van der Waals surface area contributed by atoms with Crippen LogP contribution in [0.2, 0.25) is 0 Å². The van der Waals surface area contributed by atoms with Gasteiger partial charge in [0.1, 0.15) is 0 Å². The molecule has 2 heteroatoms. The van der Waals surface area contributed by atoms with Crippen molar-refractivity contribution in [2.75, 3.05) is 20.1 Å². The van der Waals surface area contributed by atoms with Crippen LogP contribution in [0.4, 0.5) is 0 Å². The number of nitrogens with zero attached hydrogens (tertiary/aromatic N) is 1. The molecule has 1 saturated carbocycles. The zero-order valence-electron chi connectivity index (χ0n) is 9.51. The van der Waals surface area contributed by atoms with E-state index in [0.717, 1.165) is 25.0 Å². The molecule has 2 nitrogen and oxygen atoms in total. The first-order valence-electron chi connectivity index (χ1n) is 5.55. The van der Waals surface area contributed by atoms with Gasteiger partial charge in [0.15, 0.2) is 0 Å². The Bertz CT molecular complexity index is 133. The van der Waals surface area contributed by atoms with Crippen LogP contribution in [0, 0.1) is 5.92 Å². The highest BCUT2D eigenvalue weighted by molar-refractivity contribution is 4.83. The molecule has 1 fully saturated rings. The van der Waals surface area contributed by atoms with Crippen molar-refractivity contribution in [3.8, 4) is 0 Å². The maximum Gasteiger partial charge on any atom is 0.0107 e. The first-order valence-corrected chi connectivity index (χ1v) is 5.55. The summed E-state index contributed by atoms with van der Waals surface area (Å²) in [5.41, 5.74) is 0. The number of likely N-dealkylation sites (N-methyl/N-ethyl adjacent to an activating group) is 1. The van der Waals surface area contributed by atoms with E-state index in [-0.39, 0.29) is 0 Å². The lowest BCUT2D eigenvalue weighted by Crippen LogP contribution is -2.37. The van der Waals surface area contributed by atoms with E-state index < -0.39 is 0 Å². The molecule has 0 amide bonds. The fraction of sp³-hybridized carbons (Fsp3) is 1.00. The minimum Gasteiger partial charge on any atom is -0.313 e. The standard InChI is InChI=1S/C11H24N2/c1-9(2)13(4)8-7-12-10(3)11-5-6-11/h9-12H,5-8H2,1-4H3. The van der Waals surface area contributed by atoms with E-state index in [1.54, 1.807) is 0 Å². The molecule has 0 bridgehead atoms. The smallest absolute Gasteiger partial charge is 0.0107 e. The minimum absolute atomic E-state index is 0.665. The Morgan fingerprint density at radius 3 is 2.38 bits per heavy atom. The summed E-state index contributed by atoms with van der Waals surface area (Å²) >= 11 is 0. The molecule has 1 aliphatic carbocycles. The summed E-state index contributed by atoms with van der Waals surface area (Å²) < 4.78 is 0. The summed E-state index contributed by atoms with van der Waals surface area (Å²) in [5, 5.41) is 3.59. The average molecular weight is 184 g/mol. The van der Waals surface area contributed by atoms with Crippen molar-refractivity contribution in [1.82, 2.24) is 10.2 Å². The van der Waals surface area contributed by atoms with Crippen molar-refractivity contribution in [1.29, 1.82) is 0 Å². The van der Waals surface area contributed by atoms with E-state index in [1.165, 1.54) is 12.8 Å². The van der Waals surface area contributed by atoms with Crippen molar-refractivity contribution in [2.24, 2.45) is 5.92 Å². The minimum atomic E-state index is 0.665. The third-order valence-electron chi connectivity index (χ3n) is 3.14. The zero-order chi connectivity index (χ0) is 9.84. The second kappa shape index (κ2) is 4.97. The van der Waals surface area contributed by atoms with E-state index in [1.807, 2.05) is 0 Å². The third-order valence-corrected chi connectivity index (χ3v) is 3.14. The van der Waals surface area contributed by atoms with Crippen molar-refractivity contribution in [3.05, 3.63) is 0 Å². The van der Waals surface area contributed by atoms with Crippen molar-refractivity contribution >= 4 is 0 Å². The van der Waals surface area contributed by atoms with Gasteiger partial charge in [-0.25, -0.2) is 0 Å². The second-order valence-corrected chi connectivity index (χ2v) is 4.65. The number of hydrogen-bond acceptors (Lipinski definition) is 2. The summed E-state index contributed by atoms with van der Waals surface area (Å²) in [6, 6.07) is 1.40. The summed E-state index contributed by atoms with van der Waals surface area (Å²) in [4.78, 5) is 2.38. The molecule has 1 aliphatic rings. The summed E-state index contributed by atoms with van der Waals surface area (Å²) in [5.74, 6) is 0.976. The molecule has 78 valence electrons. The molecule has 13 heavy (non-hydrogen) atoms. The Kier molecular flexibility index (Phi) is 4.20. The largest absolute Gasteiger partial charge is 0.313 e. The van der Waals surface area contributed by atoms with Crippen molar-refractivity contribution in [3.63, 3.8) is 0 Å². The molecular weight excluding hydrogens is 160 g/mol. The molecule has 0 saturated heterocycles. The molecule has 0 aromatic heterocycles. The van der Waals surface area contributed by atoms with Gasteiger partial charge >= 0.3 is 0 Å². The normalized spacial score (nSPS) is 19.8. The van der Waals surface area contributed by atoms with Gasteiger partial charge in [-0.1, -0.05) is 0 Å². The van der Waals surface area contributed by atoms with Crippen molar-refractivity contribution in [2.45, 2.75) is 45.7 Å². The quantitative estimate of drug-likeness (QED) is 0.676. The molecule has 0 spiro atoms. The van der Waals surface area contributed by atoms with Crippen LogP contribution in [-0.4, -0.2) is 37.1 Å². The highest BCUT2D eigenvalue weighted by Crippen LogP contribution is 2.32. The fourth-order valence-electron chi connectivity index (χ4n) is 1.49. The highest BCUT2D eigenvalue weighted by Gasteiger charge is 2.27. The Morgan fingerprint density at radius 2 is 1.92 bits per heavy atom. The van der Waals surface area contributed by atoms with Crippen LogP contribution in [0.25, 0.3) is 0 Å².